The van der Waals surface area contributed by atoms with Crippen molar-refractivity contribution in [1.82, 2.24) is 9.88 Å². The van der Waals surface area contributed by atoms with Gasteiger partial charge < -0.3 is 9.64 Å². The van der Waals surface area contributed by atoms with Crippen molar-refractivity contribution < 1.29 is 14.3 Å². The Labute approximate surface area is 298 Å². The molecule has 8 rings (SSSR count). The Kier molecular flexibility index (Phi) is 8.62. The predicted octanol–water partition coefficient (Wildman–Crippen LogP) is 10.4. The summed E-state index contributed by atoms with van der Waals surface area (Å²) >= 11 is 5.21. The third kappa shape index (κ3) is 5.87. The second kappa shape index (κ2) is 13.5. The molecule has 0 atom stereocenters. The molecule has 49 heavy (non-hydrogen) atoms. The molecule has 0 aliphatic heterocycles. The normalized spacial score (nSPS) is 12.9. The van der Waals surface area contributed by atoms with Gasteiger partial charge in [-0.05, 0) is 74.3 Å². The number of carbonyl (C=O) groups excluding carboxylic acids is 2. The highest BCUT2D eigenvalue weighted by Crippen LogP contribution is 2.47. The first kappa shape index (κ1) is 31.3. The first-order chi connectivity index (χ1) is 24.1. The molecule has 0 unspecified atom stereocenters. The van der Waals surface area contributed by atoms with Crippen molar-refractivity contribution in [3.63, 3.8) is 0 Å². The van der Waals surface area contributed by atoms with Gasteiger partial charge >= 0.3 is 6.09 Å². The number of rotatable bonds is 9. The van der Waals surface area contributed by atoms with E-state index in [1.165, 1.54) is 56.3 Å². The van der Waals surface area contributed by atoms with E-state index in [0.717, 1.165) is 21.2 Å². The molecular formula is C42H31BrN2O3S. The zero-order valence-electron chi connectivity index (χ0n) is 26.5. The minimum absolute atomic E-state index is 0.0241. The van der Waals surface area contributed by atoms with Crippen LogP contribution < -0.4 is 0 Å². The minimum atomic E-state index is -0.373. The van der Waals surface area contributed by atoms with E-state index >= 15 is 0 Å². The van der Waals surface area contributed by atoms with Gasteiger partial charge in [0.15, 0.2) is 6.29 Å². The van der Waals surface area contributed by atoms with Gasteiger partial charge in [0.05, 0.1) is 6.54 Å². The number of pyridine rings is 1. The molecule has 0 spiro atoms. The van der Waals surface area contributed by atoms with Crippen LogP contribution >= 0.6 is 27.7 Å². The smallest absolute Gasteiger partial charge is 0.410 e. The number of fused-ring (bicyclic) bond motifs is 6. The van der Waals surface area contributed by atoms with Crippen molar-refractivity contribution >= 4 is 40.1 Å². The summed E-state index contributed by atoms with van der Waals surface area (Å²) in [5, 5.41) is 0.614. The van der Waals surface area contributed by atoms with E-state index in [-0.39, 0.29) is 24.5 Å². The van der Waals surface area contributed by atoms with Crippen molar-refractivity contribution in [2.24, 2.45) is 0 Å². The summed E-state index contributed by atoms with van der Waals surface area (Å²) in [4.78, 5) is 33.5. The van der Waals surface area contributed by atoms with Crippen LogP contribution in [0.2, 0.25) is 0 Å². The zero-order chi connectivity index (χ0) is 33.3. The number of ether oxygens (including phenoxy) is 1. The fraction of sp³-hybridized carbons (Fsp3) is 0.119. The molecule has 0 radical (unpaired) electrons. The molecule has 0 N–H and O–H groups in total. The molecule has 0 saturated carbocycles. The first-order valence-electron chi connectivity index (χ1n) is 16.2. The first-order valence-corrected chi connectivity index (χ1v) is 17.8. The van der Waals surface area contributed by atoms with Crippen LogP contribution in [0.4, 0.5) is 4.79 Å². The lowest BCUT2D eigenvalue weighted by atomic mass is 9.96. The maximum Gasteiger partial charge on any atom is 0.410 e. The largest absolute Gasteiger partial charge is 0.448 e. The number of aromatic nitrogens is 1. The number of hydrogen-bond donors (Lipinski definition) is 0. The highest BCUT2D eigenvalue weighted by molar-refractivity contribution is 9.10. The fourth-order valence-corrected chi connectivity index (χ4v) is 8.85. The molecule has 0 saturated heterocycles. The molecule has 0 bridgehead atoms. The predicted molar refractivity (Wildman–Crippen MR) is 197 cm³/mol. The molecule has 2 aliphatic rings. The Hall–Kier alpha value is -4.98. The Morgan fingerprint density at radius 2 is 1.27 bits per heavy atom. The molecule has 240 valence electrons. The van der Waals surface area contributed by atoms with Gasteiger partial charge in [-0.25, -0.2) is 9.78 Å². The summed E-state index contributed by atoms with van der Waals surface area (Å²) in [5.41, 5.74) is 11.0. The molecular weight excluding hydrogens is 692 g/mol. The van der Waals surface area contributed by atoms with E-state index in [9.17, 15) is 9.59 Å². The third-order valence-electron chi connectivity index (χ3n) is 9.52. The van der Waals surface area contributed by atoms with Crippen molar-refractivity contribution in [3.8, 4) is 22.3 Å². The fourth-order valence-electron chi connectivity index (χ4n) is 7.23. The molecule has 5 aromatic carbocycles. The summed E-state index contributed by atoms with van der Waals surface area (Å²) in [6, 6.07) is 43.1. The standard InChI is InChI=1S/C42H31BrN2O3S/c43-39-20-9-21-40(49-41-27(25-46)11-10-22-44-41)37(39)24-45(23-36-32-16-5-1-12-28(32)29-13-2-6-17-33(29)36)42(47)48-26-38-34-18-7-3-14-30(34)31-15-4-8-19-35(31)38/h1-22,25,36,38H,23-24,26H2. The number of aldehydes is 1. The number of hydrogen-bond acceptors (Lipinski definition) is 5. The Morgan fingerprint density at radius 1 is 0.714 bits per heavy atom. The van der Waals surface area contributed by atoms with Crippen LogP contribution in [0.3, 0.4) is 0 Å². The lowest BCUT2D eigenvalue weighted by Crippen LogP contribution is -2.35. The van der Waals surface area contributed by atoms with E-state index in [2.05, 4.69) is 106 Å². The van der Waals surface area contributed by atoms with Crippen LogP contribution in [0.5, 0.6) is 0 Å². The quantitative estimate of drug-likeness (QED) is 0.139. The molecule has 1 aromatic heterocycles. The summed E-state index contributed by atoms with van der Waals surface area (Å²) in [7, 11) is 0. The molecule has 0 fully saturated rings. The van der Waals surface area contributed by atoms with Crippen molar-refractivity contribution in [2.75, 3.05) is 13.2 Å². The number of benzene rings is 5. The average Bonchev–Trinajstić information content (AvgIpc) is 3.64. The average molecular weight is 724 g/mol. The Morgan fingerprint density at radius 3 is 1.84 bits per heavy atom. The van der Waals surface area contributed by atoms with Crippen LogP contribution in [0.1, 0.15) is 50.0 Å². The Bertz CT molecular complexity index is 2130. The topological polar surface area (TPSA) is 59.5 Å². The van der Waals surface area contributed by atoms with Crippen LogP contribution in [0.15, 0.2) is 148 Å². The number of halogens is 1. The van der Waals surface area contributed by atoms with Gasteiger partial charge in [0.25, 0.3) is 0 Å². The highest BCUT2D eigenvalue weighted by Gasteiger charge is 2.34. The van der Waals surface area contributed by atoms with Gasteiger partial charge in [-0.15, -0.1) is 0 Å². The minimum Gasteiger partial charge on any atom is -0.448 e. The number of nitrogens with zero attached hydrogens (tertiary/aromatic N) is 2. The van der Waals surface area contributed by atoms with Gasteiger partial charge in [-0.1, -0.05) is 131 Å². The summed E-state index contributed by atoms with van der Waals surface area (Å²) < 4.78 is 7.17. The summed E-state index contributed by atoms with van der Waals surface area (Å²) in [5.74, 6) is -0.0736. The molecule has 7 heteroatoms. The maximum atomic E-state index is 14.4. The molecule has 1 amide bonds. The van der Waals surface area contributed by atoms with E-state index in [0.29, 0.717) is 23.7 Å². The van der Waals surface area contributed by atoms with Gasteiger partial charge in [0, 0.05) is 39.5 Å². The van der Waals surface area contributed by atoms with E-state index < -0.39 is 0 Å². The molecule has 1 heterocycles. The van der Waals surface area contributed by atoms with Gasteiger partial charge in [-0.2, -0.15) is 0 Å². The van der Waals surface area contributed by atoms with E-state index in [1.54, 1.807) is 18.3 Å². The van der Waals surface area contributed by atoms with E-state index in [1.807, 2.05) is 35.2 Å². The van der Waals surface area contributed by atoms with Gasteiger partial charge in [0.1, 0.15) is 11.6 Å². The zero-order valence-corrected chi connectivity index (χ0v) is 28.9. The van der Waals surface area contributed by atoms with Crippen LogP contribution in [0.25, 0.3) is 22.3 Å². The van der Waals surface area contributed by atoms with Gasteiger partial charge in [-0.3, -0.25) is 4.79 Å². The molecule has 5 nitrogen and oxygen atoms in total. The lowest BCUT2D eigenvalue weighted by Gasteiger charge is -2.28. The maximum absolute atomic E-state index is 14.4. The third-order valence-corrected chi connectivity index (χ3v) is 11.4. The second-order valence-electron chi connectivity index (χ2n) is 12.2. The summed E-state index contributed by atoms with van der Waals surface area (Å²) in [6.07, 6.45) is 2.14. The number of amides is 1. The lowest BCUT2D eigenvalue weighted by molar-refractivity contribution is 0.0957. The monoisotopic (exact) mass is 722 g/mol. The van der Waals surface area contributed by atoms with Crippen LogP contribution in [-0.2, 0) is 11.3 Å². The van der Waals surface area contributed by atoms with Crippen LogP contribution in [-0.4, -0.2) is 35.4 Å². The SMILES string of the molecule is O=Cc1cccnc1Sc1cccc(Br)c1CN(CC1c2ccccc2-c2ccccc21)C(=O)OCC1c2ccccc2-c2ccccc21. The van der Waals surface area contributed by atoms with Crippen molar-refractivity contribution in [3.05, 3.63) is 171 Å². The summed E-state index contributed by atoms with van der Waals surface area (Å²) in [6.45, 7) is 0.958. The number of carbonyl (C=O) groups is 2. The van der Waals surface area contributed by atoms with Crippen molar-refractivity contribution in [1.29, 1.82) is 0 Å². The molecule has 2 aliphatic carbocycles. The van der Waals surface area contributed by atoms with Crippen LogP contribution in [0, 0.1) is 0 Å². The second-order valence-corrected chi connectivity index (χ2v) is 14.1. The molecule has 6 aromatic rings. The highest BCUT2D eigenvalue weighted by atomic mass is 79.9. The van der Waals surface area contributed by atoms with E-state index in [4.69, 9.17) is 4.74 Å². The van der Waals surface area contributed by atoms with Gasteiger partial charge in [0.2, 0.25) is 0 Å². The Balaban J connectivity index is 1.14. The van der Waals surface area contributed by atoms with Crippen molar-refractivity contribution in [2.45, 2.75) is 28.3 Å².